The molecule has 0 fully saturated rings. The minimum absolute atomic E-state index is 0.0607. The average molecular weight is 360 g/mol. The molecule has 25 heavy (non-hydrogen) atoms. The Bertz CT molecular complexity index is 700. The van der Waals surface area contributed by atoms with Gasteiger partial charge in [0.25, 0.3) is 0 Å². The van der Waals surface area contributed by atoms with Crippen molar-refractivity contribution in [2.75, 3.05) is 32.6 Å². The molecule has 0 aliphatic carbocycles. The molecule has 0 saturated heterocycles. The highest BCUT2D eigenvalue weighted by Crippen LogP contribution is 2.17. The summed E-state index contributed by atoms with van der Waals surface area (Å²) in [6.45, 7) is 2.92. The SMILES string of the molecule is C[C@H](NCC(=O)N(C)Cc1ccc(N(C)C)cc1)c1cccc(Cl)c1. The lowest BCUT2D eigenvalue weighted by Crippen LogP contribution is -2.36. The molecular weight excluding hydrogens is 334 g/mol. The smallest absolute Gasteiger partial charge is 0.236 e. The second-order valence-corrected chi connectivity index (χ2v) is 6.90. The van der Waals surface area contributed by atoms with E-state index in [0.29, 0.717) is 18.1 Å². The predicted octanol–water partition coefficient (Wildman–Crippen LogP) is 3.72. The Labute approximate surface area is 155 Å². The molecule has 0 aliphatic rings. The van der Waals surface area contributed by atoms with Crippen LogP contribution in [0.25, 0.3) is 0 Å². The van der Waals surface area contributed by atoms with Crippen LogP contribution >= 0.6 is 11.6 Å². The highest BCUT2D eigenvalue weighted by atomic mass is 35.5. The van der Waals surface area contributed by atoms with E-state index in [9.17, 15) is 4.79 Å². The average Bonchev–Trinajstić information content (AvgIpc) is 2.59. The van der Waals surface area contributed by atoms with Gasteiger partial charge in [-0.3, -0.25) is 4.79 Å². The lowest BCUT2D eigenvalue weighted by atomic mass is 10.1. The maximum atomic E-state index is 12.4. The highest BCUT2D eigenvalue weighted by molar-refractivity contribution is 6.30. The number of amides is 1. The van der Waals surface area contributed by atoms with Crippen LogP contribution in [0.5, 0.6) is 0 Å². The normalized spacial score (nSPS) is 11.9. The standard InChI is InChI=1S/C20H26ClN3O/c1-15(17-6-5-7-18(21)12-17)22-13-20(25)24(4)14-16-8-10-19(11-9-16)23(2)3/h5-12,15,22H,13-14H2,1-4H3/t15-/m0/s1. The lowest BCUT2D eigenvalue weighted by Gasteiger charge is -2.20. The fraction of sp³-hybridized carbons (Fsp3) is 0.350. The minimum Gasteiger partial charge on any atom is -0.378 e. The fourth-order valence-corrected chi connectivity index (χ4v) is 2.73. The number of anilines is 1. The van der Waals surface area contributed by atoms with Gasteiger partial charge in [-0.05, 0) is 42.3 Å². The van der Waals surface area contributed by atoms with Gasteiger partial charge in [0, 0.05) is 44.4 Å². The number of likely N-dealkylation sites (N-methyl/N-ethyl adjacent to an activating group) is 1. The molecule has 0 aromatic heterocycles. The number of benzene rings is 2. The Kier molecular flexibility index (Phi) is 6.85. The molecule has 5 heteroatoms. The van der Waals surface area contributed by atoms with Gasteiger partial charge in [0.05, 0.1) is 6.54 Å². The molecule has 0 saturated carbocycles. The van der Waals surface area contributed by atoms with Gasteiger partial charge in [0.1, 0.15) is 0 Å². The van der Waals surface area contributed by atoms with Gasteiger partial charge in [-0.15, -0.1) is 0 Å². The Balaban J connectivity index is 1.85. The van der Waals surface area contributed by atoms with Crippen LogP contribution in [0.2, 0.25) is 5.02 Å². The van der Waals surface area contributed by atoms with Crippen LogP contribution in [0.4, 0.5) is 5.69 Å². The summed E-state index contributed by atoms with van der Waals surface area (Å²) in [5.41, 5.74) is 3.33. The van der Waals surface area contributed by atoms with Crippen molar-refractivity contribution in [2.45, 2.75) is 19.5 Å². The number of nitrogens with zero attached hydrogens (tertiary/aromatic N) is 2. The monoisotopic (exact) mass is 359 g/mol. The van der Waals surface area contributed by atoms with Crippen LogP contribution in [-0.2, 0) is 11.3 Å². The summed E-state index contributed by atoms with van der Waals surface area (Å²) < 4.78 is 0. The van der Waals surface area contributed by atoms with Crippen LogP contribution in [0.1, 0.15) is 24.1 Å². The number of hydrogen-bond acceptors (Lipinski definition) is 3. The fourth-order valence-electron chi connectivity index (χ4n) is 2.53. The van der Waals surface area contributed by atoms with E-state index in [1.807, 2.05) is 52.3 Å². The molecule has 0 bridgehead atoms. The zero-order chi connectivity index (χ0) is 18.4. The van der Waals surface area contributed by atoms with Crippen LogP contribution in [0.15, 0.2) is 48.5 Å². The largest absolute Gasteiger partial charge is 0.378 e. The highest BCUT2D eigenvalue weighted by Gasteiger charge is 2.12. The van der Waals surface area contributed by atoms with E-state index >= 15 is 0 Å². The van der Waals surface area contributed by atoms with E-state index in [1.165, 1.54) is 0 Å². The van der Waals surface area contributed by atoms with E-state index in [0.717, 1.165) is 16.8 Å². The second kappa shape index (κ2) is 8.88. The Morgan fingerprint density at radius 2 is 1.80 bits per heavy atom. The number of rotatable bonds is 7. The number of halogens is 1. The molecule has 4 nitrogen and oxygen atoms in total. The molecule has 1 amide bonds. The van der Waals surface area contributed by atoms with E-state index in [2.05, 4.69) is 34.5 Å². The molecule has 0 radical (unpaired) electrons. The number of carbonyl (C=O) groups is 1. The summed E-state index contributed by atoms with van der Waals surface area (Å²) in [5, 5.41) is 3.96. The number of hydrogen-bond donors (Lipinski definition) is 1. The second-order valence-electron chi connectivity index (χ2n) is 6.47. The van der Waals surface area contributed by atoms with Gasteiger partial charge in [-0.25, -0.2) is 0 Å². The van der Waals surface area contributed by atoms with Crippen LogP contribution in [0.3, 0.4) is 0 Å². The van der Waals surface area contributed by atoms with Crippen molar-refractivity contribution in [3.63, 3.8) is 0 Å². The Morgan fingerprint density at radius 3 is 2.40 bits per heavy atom. The molecule has 134 valence electrons. The van der Waals surface area contributed by atoms with Crippen molar-refractivity contribution in [1.82, 2.24) is 10.2 Å². The summed E-state index contributed by atoms with van der Waals surface area (Å²) in [7, 11) is 5.85. The predicted molar refractivity (Wildman–Crippen MR) is 105 cm³/mol. The van der Waals surface area contributed by atoms with Crippen LogP contribution in [-0.4, -0.2) is 38.5 Å². The van der Waals surface area contributed by atoms with Gasteiger partial charge >= 0.3 is 0 Å². The molecular formula is C20H26ClN3O. The van der Waals surface area contributed by atoms with E-state index in [4.69, 9.17) is 11.6 Å². The summed E-state index contributed by atoms with van der Waals surface area (Å²) >= 11 is 6.02. The van der Waals surface area contributed by atoms with Gasteiger partial charge in [-0.2, -0.15) is 0 Å². The van der Waals surface area contributed by atoms with Crippen molar-refractivity contribution < 1.29 is 4.79 Å². The number of nitrogens with one attached hydrogen (secondary N) is 1. The first-order valence-corrected chi connectivity index (χ1v) is 8.73. The van der Waals surface area contributed by atoms with Gasteiger partial charge < -0.3 is 15.1 Å². The first-order valence-electron chi connectivity index (χ1n) is 8.36. The summed E-state index contributed by atoms with van der Waals surface area (Å²) in [6.07, 6.45) is 0. The summed E-state index contributed by atoms with van der Waals surface area (Å²) in [5.74, 6) is 0.0607. The molecule has 0 heterocycles. The third-order valence-electron chi connectivity index (χ3n) is 4.21. The molecule has 0 spiro atoms. The summed E-state index contributed by atoms with van der Waals surface area (Å²) in [4.78, 5) is 16.1. The van der Waals surface area contributed by atoms with E-state index < -0.39 is 0 Å². The maximum absolute atomic E-state index is 12.4. The quantitative estimate of drug-likeness (QED) is 0.818. The third-order valence-corrected chi connectivity index (χ3v) is 4.44. The molecule has 1 atom stereocenters. The molecule has 0 aliphatic heterocycles. The molecule has 2 aromatic rings. The van der Waals surface area contributed by atoms with Gasteiger partial charge in [0.2, 0.25) is 5.91 Å². The topological polar surface area (TPSA) is 35.6 Å². The van der Waals surface area contributed by atoms with Crippen molar-refractivity contribution >= 4 is 23.2 Å². The van der Waals surface area contributed by atoms with Crippen molar-refractivity contribution in [2.24, 2.45) is 0 Å². The first kappa shape index (κ1) is 19.3. The van der Waals surface area contributed by atoms with Crippen molar-refractivity contribution in [1.29, 1.82) is 0 Å². The maximum Gasteiger partial charge on any atom is 0.236 e. The molecule has 2 rings (SSSR count). The lowest BCUT2D eigenvalue weighted by molar-refractivity contribution is -0.129. The number of carbonyl (C=O) groups excluding carboxylic acids is 1. The zero-order valence-electron chi connectivity index (χ0n) is 15.3. The van der Waals surface area contributed by atoms with Crippen molar-refractivity contribution in [3.8, 4) is 0 Å². The molecule has 0 unspecified atom stereocenters. The Morgan fingerprint density at radius 1 is 1.12 bits per heavy atom. The van der Waals surface area contributed by atoms with Crippen LogP contribution < -0.4 is 10.2 Å². The van der Waals surface area contributed by atoms with Gasteiger partial charge in [-0.1, -0.05) is 35.9 Å². The van der Waals surface area contributed by atoms with Gasteiger partial charge in [0.15, 0.2) is 0 Å². The third kappa shape index (κ3) is 5.76. The Hall–Kier alpha value is -2.04. The molecule has 1 N–H and O–H groups in total. The minimum atomic E-state index is 0.0607. The zero-order valence-corrected chi connectivity index (χ0v) is 16.0. The first-order chi connectivity index (χ1) is 11.9. The summed E-state index contributed by atoms with van der Waals surface area (Å²) in [6, 6.07) is 16.0. The van der Waals surface area contributed by atoms with Crippen molar-refractivity contribution in [3.05, 3.63) is 64.7 Å². The van der Waals surface area contributed by atoms with E-state index in [1.54, 1.807) is 4.90 Å². The van der Waals surface area contributed by atoms with Crippen LogP contribution in [0, 0.1) is 0 Å². The van der Waals surface area contributed by atoms with E-state index in [-0.39, 0.29) is 11.9 Å². The molecule has 2 aromatic carbocycles.